The maximum Gasteiger partial charge on any atom is 0.471 e. The zero-order chi connectivity index (χ0) is 16.3. The molecule has 7 heteroatoms. The van der Waals surface area contributed by atoms with Crippen LogP contribution in [0, 0.1) is 0 Å². The van der Waals surface area contributed by atoms with E-state index in [4.69, 9.17) is 9.47 Å². The molecule has 1 aliphatic rings. The van der Waals surface area contributed by atoms with Crippen LogP contribution >= 0.6 is 0 Å². The second kappa shape index (κ2) is 6.46. The molecule has 1 atom stereocenters. The van der Waals surface area contributed by atoms with Crippen LogP contribution < -0.4 is 14.8 Å². The SMILES string of the molecule is COc1cc2c(cc1OC)C(CCNC(=O)C(F)(F)F)CC2. The Labute approximate surface area is 126 Å². The highest BCUT2D eigenvalue weighted by Crippen LogP contribution is 2.41. The highest BCUT2D eigenvalue weighted by atomic mass is 19.4. The molecule has 1 amide bonds. The van der Waals surface area contributed by atoms with Crippen molar-refractivity contribution in [2.75, 3.05) is 20.8 Å². The van der Waals surface area contributed by atoms with E-state index in [1.807, 2.05) is 17.4 Å². The van der Waals surface area contributed by atoms with Crippen molar-refractivity contribution >= 4 is 5.91 Å². The van der Waals surface area contributed by atoms with Gasteiger partial charge in [0, 0.05) is 6.54 Å². The number of carbonyl (C=O) groups is 1. The number of fused-ring (bicyclic) bond motifs is 1. The first-order valence-corrected chi connectivity index (χ1v) is 6.96. The van der Waals surface area contributed by atoms with Crippen molar-refractivity contribution in [3.8, 4) is 11.5 Å². The standard InChI is InChI=1S/C15H18F3NO3/c1-21-12-7-10-4-3-9(11(10)8-13(12)22-2)5-6-19-14(20)15(16,17)18/h7-9H,3-6H2,1-2H3,(H,19,20). The summed E-state index contributed by atoms with van der Waals surface area (Å²) in [5.74, 6) is -0.527. The van der Waals surface area contributed by atoms with Crippen molar-refractivity contribution in [3.63, 3.8) is 0 Å². The summed E-state index contributed by atoms with van der Waals surface area (Å²) in [5, 5.41) is 1.91. The van der Waals surface area contributed by atoms with E-state index in [-0.39, 0.29) is 12.5 Å². The van der Waals surface area contributed by atoms with Crippen LogP contribution in [0.1, 0.15) is 29.9 Å². The molecule has 2 rings (SSSR count). The van der Waals surface area contributed by atoms with Crippen molar-refractivity contribution in [2.45, 2.75) is 31.4 Å². The highest BCUT2D eigenvalue weighted by molar-refractivity contribution is 5.81. The fraction of sp³-hybridized carbons (Fsp3) is 0.533. The molecular formula is C15H18F3NO3. The molecule has 1 aromatic rings. The highest BCUT2D eigenvalue weighted by Gasteiger charge is 2.38. The van der Waals surface area contributed by atoms with Gasteiger partial charge in [-0.2, -0.15) is 13.2 Å². The first kappa shape index (κ1) is 16.5. The van der Waals surface area contributed by atoms with Crippen molar-refractivity contribution in [3.05, 3.63) is 23.3 Å². The van der Waals surface area contributed by atoms with E-state index in [0.717, 1.165) is 24.0 Å². The quantitative estimate of drug-likeness (QED) is 0.908. The van der Waals surface area contributed by atoms with Gasteiger partial charge in [0.05, 0.1) is 14.2 Å². The zero-order valence-electron chi connectivity index (χ0n) is 12.4. The van der Waals surface area contributed by atoms with E-state index >= 15 is 0 Å². The van der Waals surface area contributed by atoms with E-state index in [2.05, 4.69) is 0 Å². The maximum absolute atomic E-state index is 12.1. The third-order valence-electron chi connectivity index (χ3n) is 3.88. The van der Waals surface area contributed by atoms with Crippen LogP contribution in [0.2, 0.25) is 0 Å². The van der Waals surface area contributed by atoms with Crippen molar-refractivity contribution in [1.29, 1.82) is 0 Å². The van der Waals surface area contributed by atoms with Gasteiger partial charge in [-0.25, -0.2) is 0 Å². The van der Waals surface area contributed by atoms with Crippen molar-refractivity contribution < 1.29 is 27.4 Å². The lowest BCUT2D eigenvalue weighted by Crippen LogP contribution is -2.37. The number of rotatable bonds is 5. The summed E-state index contributed by atoms with van der Waals surface area (Å²) in [6.45, 7) is -0.00318. The fourth-order valence-electron chi connectivity index (χ4n) is 2.78. The monoisotopic (exact) mass is 317 g/mol. The Morgan fingerprint density at radius 3 is 2.50 bits per heavy atom. The van der Waals surface area contributed by atoms with Gasteiger partial charge in [0.15, 0.2) is 11.5 Å². The molecule has 0 bridgehead atoms. The van der Waals surface area contributed by atoms with Crippen LogP contribution in [0.5, 0.6) is 11.5 Å². The normalized spacial score (nSPS) is 17.0. The largest absolute Gasteiger partial charge is 0.493 e. The van der Waals surface area contributed by atoms with Crippen LogP contribution in [-0.2, 0) is 11.2 Å². The fourth-order valence-corrected chi connectivity index (χ4v) is 2.78. The van der Waals surface area contributed by atoms with Gasteiger partial charge in [-0.1, -0.05) is 0 Å². The van der Waals surface area contributed by atoms with Gasteiger partial charge in [-0.15, -0.1) is 0 Å². The molecule has 0 spiro atoms. The molecule has 0 aliphatic heterocycles. The first-order valence-electron chi connectivity index (χ1n) is 6.96. The number of aryl methyl sites for hydroxylation is 1. The number of methoxy groups -OCH3 is 2. The second-order valence-electron chi connectivity index (χ2n) is 5.18. The number of benzene rings is 1. The number of nitrogens with one attached hydrogen (secondary N) is 1. The summed E-state index contributed by atoms with van der Waals surface area (Å²) in [7, 11) is 3.10. The molecular weight excluding hydrogens is 299 g/mol. The second-order valence-corrected chi connectivity index (χ2v) is 5.18. The van der Waals surface area contributed by atoms with Gasteiger partial charge >= 0.3 is 12.1 Å². The number of hydrogen-bond acceptors (Lipinski definition) is 3. The molecule has 0 radical (unpaired) electrons. The molecule has 0 saturated carbocycles. The Kier molecular flexibility index (Phi) is 4.83. The van der Waals surface area contributed by atoms with Gasteiger partial charge in [-0.3, -0.25) is 4.79 Å². The number of hydrogen-bond donors (Lipinski definition) is 1. The topological polar surface area (TPSA) is 47.6 Å². The molecule has 0 heterocycles. The molecule has 1 aliphatic carbocycles. The van der Waals surface area contributed by atoms with E-state index < -0.39 is 12.1 Å². The van der Waals surface area contributed by atoms with Gasteiger partial charge < -0.3 is 14.8 Å². The summed E-state index contributed by atoms with van der Waals surface area (Å²) in [6, 6.07) is 3.78. The number of halogens is 3. The van der Waals surface area contributed by atoms with Crippen LogP contribution in [0.4, 0.5) is 13.2 Å². The minimum absolute atomic E-state index is 0.00318. The van der Waals surface area contributed by atoms with Crippen LogP contribution in [0.3, 0.4) is 0 Å². The third kappa shape index (κ3) is 3.45. The lowest BCUT2D eigenvalue weighted by atomic mass is 9.97. The summed E-state index contributed by atoms with van der Waals surface area (Å²) in [5.41, 5.74) is 2.17. The van der Waals surface area contributed by atoms with E-state index in [1.165, 1.54) is 7.11 Å². The van der Waals surface area contributed by atoms with Crippen molar-refractivity contribution in [2.24, 2.45) is 0 Å². The summed E-state index contributed by atoms with van der Waals surface area (Å²) in [4.78, 5) is 10.8. The Hall–Kier alpha value is -1.92. The van der Waals surface area contributed by atoms with E-state index in [0.29, 0.717) is 17.9 Å². The number of amides is 1. The Bertz CT molecular complexity index is 558. The molecule has 0 aromatic heterocycles. The van der Waals surface area contributed by atoms with E-state index in [9.17, 15) is 18.0 Å². The lowest BCUT2D eigenvalue weighted by molar-refractivity contribution is -0.173. The van der Waals surface area contributed by atoms with Crippen molar-refractivity contribution in [1.82, 2.24) is 5.32 Å². The molecule has 0 fully saturated rings. The molecule has 4 nitrogen and oxygen atoms in total. The molecule has 1 unspecified atom stereocenters. The maximum atomic E-state index is 12.1. The molecule has 1 N–H and O–H groups in total. The summed E-state index contributed by atoms with van der Waals surface area (Å²) >= 11 is 0. The smallest absolute Gasteiger partial charge is 0.471 e. The van der Waals surface area contributed by atoms with Gasteiger partial charge in [-0.05, 0) is 48.4 Å². The van der Waals surface area contributed by atoms with Crippen LogP contribution in [0.25, 0.3) is 0 Å². The molecule has 1 aromatic carbocycles. The summed E-state index contributed by atoms with van der Waals surface area (Å²) < 4.78 is 46.9. The van der Waals surface area contributed by atoms with Gasteiger partial charge in [0.25, 0.3) is 0 Å². The minimum atomic E-state index is -4.83. The lowest BCUT2D eigenvalue weighted by Gasteiger charge is -2.15. The van der Waals surface area contributed by atoms with E-state index in [1.54, 1.807) is 7.11 Å². The molecule has 122 valence electrons. The predicted molar refractivity (Wildman–Crippen MR) is 74.3 cm³/mol. The number of alkyl halides is 3. The average molecular weight is 317 g/mol. The summed E-state index contributed by atoms with van der Waals surface area (Å²) in [6.07, 6.45) is -2.68. The minimum Gasteiger partial charge on any atom is -0.493 e. The third-order valence-corrected chi connectivity index (χ3v) is 3.88. The number of carbonyl (C=O) groups excluding carboxylic acids is 1. The number of ether oxygens (including phenoxy) is 2. The zero-order valence-corrected chi connectivity index (χ0v) is 12.4. The molecule has 0 saturated heterocycles. The Balaban J connectivity index is 2.01. The first-order chi connectivity index (χ1) is 10.4. The average Bonchev–Trinajstić information content (AvgIpc) is 2.86. The van der Waals surface area contributed by atoms with Gasteiger partial charge in [0.2, 0.25) is 0 Å². The Morgan fingerprint density at radius 2 is 1.91 bits per heavy atom. The van der Waals surface area contributed by atoms with Gasteiger partial charge in [0.1, 0.15) is 0 Å². The van der Waals surface area contributed by atoms with Crippen LogP contribution in [-0.4, -0.2) is 32.8 Å². The predicted octanol–water partition coefficient (Wildman–Crippen LogP) is 2.80. The van der Waals surface area contributed by atoms with Crippen LogP contribution in [0.15, 0.2) is 12.1 Å². The Morgan fingerprint density at radius 1 is 1.27 bits per heavy atom. The molecule has 22 heavy (non-hydrogen) atoms.